The molecular weight excluding hydrogens is 246 g/mol. The Morgan fingerprint density at radius 3 is 2.30 bits per heavy atom. The van der Waals surface area contributed by atoms with Gasteiger partial charge in [-0.15, -0.1) is 0 Å². The van der Waals surface area contributed by atoms with E-state index in [0.29, 0.717) is 0 Å². The number of carbonyl (C=O) groups is 1. The maximum atomic E-state index is 12.0. The zero-order valence-corrected chi connectivity index (χ0v) is 11.7. The summed E-state index contributed by atoms with van der Waals surface area (Å²) in [4.78, 5) is 12.0. The Morgan fingerprint density at radius 1 is 1.05 bits per heavy atom. The average Bonchev–Trinajstić information content (AvgIpc) is 2.47. The first kappa shape index (κ1) is 14.1. The van der Waals surface area contributed by atoms with Gasteiger partial charge in [0.25, 0.3) is 0 Å². The van der Waals surface area contributed by atoms with Gasteiger partial charge in [0, 0.05) is 11.3 Å². The van der Waals surface area contributed by atoms with Gasteiger partial charge in [-0.25, -0.2) is 0 Å². The highest BCUT2D eigenvalue weighted by Crippen LogP contribution is 2.10. The molecule has 0 aromatic heterocycles. The van der Waals surface area contributed by atoms with Gasteiger partial charge in [0.15, 0.2) is 5.78 Å². The van der Waals surface area contributed by atoms with Crippen LogP contribution in [0.4, 0.5) is 5.69 Å². The molecule has 0 fully saturated rings. The fourth-order valence-electron chi connectivity index (χ4n) is 2.00. The number of rotatable bonds is 5. The zero-order chi connectivity index (χ0) is 14.4. The lowest BCUT2D eigenvalue weighted by atomic mass is 10.0. The highest BCUT2D eigenvalue weighted by atomic mass is 16.1. The first-order chi connectivity index (χ1) is 9.69. The second-order valence-corrected chi connectivity index (χ2v) is 4.81. The predicted molar refractivity (Wildman–Crippen MR) is 84.7 cm³/mol. The third-order valence-corrected chi connectivity index (χ3v) is 3.14. The lowest BCUT2D eigenvalue weighted by Crippen LogP contribution is -1.94. The van der Waals surface area contributed by atoms with Gasteiger partial charge in [-0.1, -0.05) is 55.8 Å². The number of benzene rings is 2. The fourth-order valence-corrected chi connectivity index (χ4v) is 2.00. The molecule has 0 aliphatic rings. The normalized spacial score (nSPS) is 10.8. The molecule has 2 rings (SSSR count). The lowest BCUT2D eigenvalue weighted by molar-refractivity contribution is 0.104. The Morgan fingerprint density at radius 2 is 1.70 bits per heavy atom. The van der Waals surface area contributed by atoms with Crippen molar-refractivity contribution < 1.29 is 4.79 Å². The van der Waals surface area contributed by atoms with E-state index in [1.807, 2.05) is 54.6 Å². The van der Waals surface area contributed by atoms with Crippen molar-refractivity contribution in [2.45, 2.75) is 19.8 Å². The number of ketones is 1. The first-order valence-electron chi connectivity index (χ1n) is 6.86. The maximum absolute atomic E-state index is 12.0. The molecule has 2 nitrogen and oxygen atoms in total. The summed E-state index contributed by atoms with van der Waals surface area (Å²) in [6, 6.07) is 15.3. The molecule has 0 aliphatic heterocycles. The number of carbonyl (C=O) groups excluding carboxylic acids is 1. The Labute approximate surface area is 119 Å². The van der Waals surface area contributed by atoms with Crippen molar-refractivity contribution in [3.63, 3.8) is 0 Å². The minimum absolute atomic E-state index is 0.0184. The second kappa shape index (κ2) is 6.71. The van der Waals surface area contributed by atoms with Crippen LogP contribution >= 0.6 is 0 Å². The van der Waals surface area contributed by atoms with Gasteiger partial charge in [-0.05, 0) is 35.8 Å². The summed E-state index contributed by atoms with van der Waals surface area (Å²) in [6.07, 6.45) is 5.57. The zero-order valence-electron chi connectivity index (χ0n) is 11.7. The number of hydrogen-bond donors (Lipinski definition) is 1. The summed E-state index contributed by atoms with van der Waals surface area (Å²) in [6.45, 7) is 2.15. The number of aryl methyl sites for hydroxylation is 1. The standard InChI is InChI=1S/C18H19NO/c1-2-3-14-4-9-16(10-5-14)18(20)13-8-15-6-11-17(19)12-7-15/h4-13H,2-3,19H2,1H3/b13-8+. The van der Waals surface area contributed by atoms with Gasteiger partial charge in [0.1, 0.15) is 0 Å². The van der Waals surface area contributed by atoms with Crippen LogP contribution < -0.4 is 5.73 Å². The largest absolute Gasteiger partial charge is 0.399 e. The molecule has 20 heavy (non-hydrogen) atoms. The summed E-state index contributed by atoms with van der Waals surface area (Å²) < 4.78 is 0. The average molecular weight is 265 g/mol. The monoisotopic (exact) mass is 265 g/mol. The Kier molecular flexibility index (Phi) is 4.72. The Bertz CT molecular complexity index is 594. The van der Waals surface area contributed by atoms with Gasteiger partial charge in [-0.3, -0.25) is 4.79 Å². The van der Waals surface area contributed by atoms with Crippen molar-refractivity contribution in [1.82, 2.24) is 0 Å². The van der Waals surface area contributed by atoms with E-state index in [0.717, 1.165) is 29.7 Å². The number of nitrogens with two attached hydrogens (primary N) is 1. The number of allylic oxidation sites excluding steroid dienone is 1. The number of anilines is 1. The van der Waals surface area contributed by atoms with Crippen LogP contribution in [0.2, 0.25) is 0 Å². The molecule has 0 aliphatic carbocycles. The highest BCUT2D eigenvalue weighted by Gasteiger charge is 2.01. The van der Waals surface area contributed by atoms with Crippen LogP contribution in [-0.2, 0) is 6.42 Å². The third kappa shape index (κ3) is 3.82. The molecule has 2 heteroatoms. The van der Waals surface area contributed by atoms with E-state index in [1.54, 1.807) is 6.08 Å². The van der Waals surface area contributed by atoms with Crippen LogP contribution in [0.3, 0.4) is 0 Å². The van der Waals surface area contributed by atoms with Crippen molar-refractivity contribution in [3.05, 3.63) is 71.3 Å². The third-order valence-electron chi connectivity index (χ3n) is 3.14. The molecule has 0 radical (unpaired) electrons. The quantitative estimate of drug-likeness (QED) is 0.502. The SMILES string of the molecule is CCCc1ccc(C(=O)/C=C/c2ccc(N)cc2)cc1. The van der Waals surface area contributed by atoms with Crippen LogP contribution in [0.5, 0.6) is 0 Å². The summed E-state index contributed by atoms with van der Waals surface area (Å²) in [5, 5.41) is 0. The lowest BCUT2D eigenvalue weighted by Gasteiger charge is -2.00. The molecule has 102 valence electrons. The predicted octanol–water partition coefficient (Wildman–Crippen LogP) is 4.12. The van der Waals surface area contributed by atoms with Crippen molar-refractivity contribution in [2.24, 2.45) is 0 Å². The number of nitrogen functional groups attached to an aromatic ring is 1. The summed E-state index contributed by atoms with van der Waals surface area (Å²) >= 11 is 0. The molecule has 0 amide bonds. The van der Waals surface area contributed by atoms with Crippen LogP contribution in [0.1, 0.15) is 34.8 Å². The van der Waals surface area contributed by atoms with Gasteiger partial charge in [0.2, 0.25) is 0 Å². The van der Waals surface area contributed by atoms with E-state index in [2.05, 4.69) is 6.92 Å². The Balaban J connectivity index is 2.05. The van der Waals surface area contributed by atoms with Crippen molar-refractivity contribution in [1.29, 1.82) is 0 Å². The molecule has 2 N–H and O–H groups in total. The molecule has 0 unspecified atom stereocenters. The number of hydrogen-bond acceptors (Lipinski definition) is 2. The molecule has 0 spiro atoms. The van der Waals surface area contributed by atoms with E-state index >= 15 is 0 Å². The van der Waals surface area contributed by atoms with Crippen LogP contribution in [0, 0.1) is 0 Å². The van der Waals surface area contributed by atoms with Gasteiger partial charge in [-0.2, -0.15) is 0 Å². The molecular formula is C18H19NO. The highest BCUT2D eigenvalue weighted by molar-refractivity contribution is 6.06. The molecule has 0 saturated heterocycles. The molecule has 2 aromatic carbocycles. The minimum Gasteiger partial charge on any atom is -0.399 e. The van der Waals surface area contributed by atoms with Crippen molar-refractivity contribution >= 4 is 17.5 Å². The summed E-state index contributed by atoms with van der Waals surface area (Å²) in [5.74, 6) is 0.0184. The van der Waals surface area contributed by atoms with Crippen molar-refractivity contribution in [3.8, 4) is 0 Å². The second-order valence-electron chi connectivity index (χ2n) is 4.81. The molecule has 2 aromatic rings. The van der Waals surface area contributed by atoms with E-state index < -0.39 is 0 Å². The van der Waals surface area contributed by atoms with E-state index in [-0.39, 0.29) is 5.78 Å². The van der Waals surface area contributed by atoms with Gasteiger partial charge >= 0.3 is 0 Å². The minimum atomic E-state index is 0.0184. The van der Waals surface area contributed by atoms with E-state index in [4.69, 9.17) is 5.73 Å². The Hall–Kier alpha value is -2.35. The summed E-state index contributed by atoms with van der Waals surface area (Å²) in [5.41, 5.74) is 9.30. The van der Waals surface area contributed by atoms with Gasteiger partial charge in [0.05, 0.1) is 0 Å². The summed E-state index contributed by atoms with van der Waals surface area (Å²) in [7, 11) is 0. The van der Waals surface area contributed by atoms with Crippen LogP contribution in [-0.4, -0.2) is 5.78 Å². The topological polar surface area (TPSA) is 43.1 Å². The molecule has 0 saturated carbocycles. The van der Waals surface area contributed by atoms with Gasteiger partial charge < -0.3 is 5.73 Å². The van der Waals surface area contributed by atoms with Crippen LogP contribution in [0.25, 0.3) is 6.08 Å². The van der Waals surface area contributed by atoms with E-state index in [9.17, 15) is 4.79 Å². The molecule has 0 heterocycles. The van der Waals surface area contributed by atoms with Crippen molar-refractivity contribution in [2.75, 3.05) is 5.73 Å². The smallest absolute Gasteiger partial charge is 0.185 e. The maximum Gasteiger partial charge on any atom is 0.185 e. The molecule has 0 atom stereocenters. The fraction of sp³-hybridized carbons (Fsp3) is 0.167. The van der Waals surface area contributed by atoms with E-state index in [1.165, 1.54) is 5.56 Å². The molecule has 0 bridgehead atoms. The van der Waals surface area contributed by atoms with Crippen LogP contribution in [0.15, 0.2) is 54.6 Å². The first-order valence-corrected chi connectivity index (χ1v) is 6.86.